The molecule has 0 saturated carbocycles. The van der Waals surface area contributed by atoms with Crippen LogP contribution in [0.15, 0.2) is 29.1 Å². The molecule has 3 aromatic rings. The Balaban J connectivity index is 1.78. The molecule has 1 amide bonds. The van der Waals surface area contributed by atoms with Crippen LogP contribution in [-0.2, 0) is 9.59 Å². The highest BCUT2D eigenvalue weighted by Gasteiger charge is 2.21. The third-order valence-corrected chi connectivity index (χ3v) is 3.89. The number of anilines is 1. The lowest BCUT2D eigenvalue weighted by atomic mass is 10.1. The Kier molecular flexibility index (Phi) is 5.21. The molecule has 13 heteroatoms. The van der Waals surface area contributed by atoms with E-state index in [1.54, 1.807) is 0 Å². The maximum Gasteiger partial charge on any atom is 0.326 e. The SMILES string of the molecule is Nc1nc2nn(-c3ccc(C(=O)N[C@@H](CCC(=O)O)C(=O)O)cc3)nc2c(=O)[nH]1. The fourth-order valence-electron chi connectivity index (χ4n) is 2.47. The number of nitrogens with one attached hydrogen (secondary N) is 2. The van der Waals surface area contributed by atoms with Crippen LogP contribution in [0.2, 0.25) is 0 Å². The zero-order chi connectivity index (χ0) is 21.1. The minimum Gasteiger partial charge on any atom is -0.481 e. The molecule has 1 aromatic carbocycles. The molecule has 2 heterocycles. The molecule has 13 nitrogen and oxygen atoms in total. The van der Waals surface area contributed by atoms with Crippen molar-refractivity contribution in [2.75, 3.05) is 5.73 Å². The van der Waals surface area contributed by atoms with Crippen molar-refractivity contribution >= 4 is 35.0 Å². The number of benzene rings is 1. The van der Waals surface area contributed by atoms with Crippen molar-refractivity contribution in [3.8, 4) is 5.69 Å². The Morgan fingerprint density at radius 3 is 2.48 bits per heavy atom. The predicted octanol–water partition coefficient (Wildman–Crippen LogP) is -0.866. The number of carbonyl (C=O) groups excluding carboxylic acids is 1. The molecule has 0 radical (unpaired) electrons. The first kappa shape index (κ1) is 19.5. The van der Waals surface area contributed by atoms with Crippen LogP contribution in [-0.4, -0.2) is 59.1 Å². The zero-order valence-electron chi connectivity index (χ0n) is 14.7. The van der Waals surface area contributed by atoms with E-state index in [0.717, 1.165) is 4.80 Å². The summed E-state index contributed by atoms with van der Waals surface area (Å²) in [4.78, 5) is 53.2. The third-order valence-electron chi connectivity index (χ3n) is 3.89. The van der Waals surface area contributed by atoms with E-state index in [0.29, 0.717) is 5.69 Å². The lowest BCUT2D eigenvalue weighted by molar-refractivity contribution is -0.140. The molecule has 0 aliphatic heterocycles. The first-order valence-electron chi connectivity index (χ1n) is 8.23. The molecule has 6 N–H and O–H groups in total. The highest BCUT2D eigenvalue weighted by molar-refractivity contribution is 5.96. The highest BCUT2D eigenvalue weighted by atomic mass is 16.4. The largest absolute Gasteiger partial charge is 0.481 e. The number of carboxylic acids is 2. The molecule has 150 valence electrons. The van der Waals surface area contributed by atoms with Gasteiger partial charge in [-0.1, -0.05) is 0 Å². The maximum absolute atomic E-state index is 12.2. The number of rotatable bonds is 7. The molecule has 3 rings (SSSR count). The summed E-state index contributed by atoms with van der Waals surface area (Å²) in [6.45, 7) is 0. The highest BCUT2D eigenvalue weighted by Crippen LogP contribution is 2.11. The second-order valence-corrected chi connectivity index (χ2v) is 5.96. The lowest BCUT2D eigenvalue weighted by Crippen LogP contribution is -2.41. The fourth-order valence-corrected chi connectivity index (χ4v) is 2.47. The normalized spacial score (nSPS) is 11.9. The number of aromatic amines is 1. The van der Waals surface area contributed by atoms with Crippen molar-refractivity contribution in [3.05, 3.63) is 40.2 Å². The fraction of sp³-hybridized carbons (Fsp3) is 0.188. The number of nitrogen functional groups attached to an aromatic ring is 1. The van der Waals surface area contributed by atoms with Crippen molar-refractivity contribution in [1.82, 2.24) is 30.3 Å². The van der Waals surface area contributed by atoms with Gasteiger partial charge in [-0.25, -0.2) is 4.79 Å². The van der Waals surface area contributed by atoms with E-state index in [2.05, 4.69) is 25.5 Å². The second-order valence-electron chi connectivity index (χ2n) is 5.96. The Hall–Kier alpha value is -4.29. The first-order chi connectivity index (χ1) is 13.7. The van der Waals surface area contributed by atoms with Gasteiger partial charge >= 0.3 is 11.9 Å². The van der Waals surface area contributed by atoms with Crippen LogP contribution in [0.4, 0.5) is 5.95 Å². The van der Waals surface area contributed by atoms with E-state index in [1.165, 1.54) is 24.3 Å². The Labute approximate surface area is 161 Å². The first-order valence-corrected chi connectivity index (χ1v) is 8.23. The molecule has 0 saturated heterocycles. The molecule has 0 aliphatic rings. The van der Waals surface area contributed by atoms with E-state index in [9.17, 15) is 19.2 Å². The van der Waals surface area contributed by atoms with Gasteiger partial charge in [0, 0.05) is 12.0 Å². The number of fused-ring (bicyclic) bond motifs is 1. The molecule has 0 unspecified atom stereocenters. The van der Waals surface area contributed by atoms with Gasteiger partial charge in [0.2, 0.25) is 11.6 Å². The van der Waals surface area contributed by atoms with E-state index < -0.39 is 35.9 Å². The summed E-state index contributed by atoms with van der Waals surface area (Å²) >= 11 is 0. The number of carboxylic acid groups (broad SMARTS) is 2. The Bertz CT molecular complexity index is 1150. The number of hydrogen-bond acceptors (Lipinski definition) is 8. The van der Waals surface area contributed by atoms with Gasteiger partial charge in [0.25, 0.3) is 11.5 Å². The molecule has 1 atom stereocenters. The van der Waals surface area contributed by atoms with Crippen molar-refractivity contribution < 1.29 is 24.6 Å². The summed E-state index contributed by atoms with van der Waals surface area (Å²) in [5, 5.41) is 28.1. The predicted molar refractivity (Wildman–Crippen MR) is 97.5 cm³/mol. The molecular weight excluding hydrogens is 386 g/mol. The second kappa shape index (κ2) is 7.75. The molecule has 0 aliphatic carbocycles. The van der Waals surface area contributed by atoms with Gasteiger partial charge in [0.15, 0.2) is 5.52 Å². The van der Waals surface area contributed by atoms with Gasteiger partial charge in [0.1, 0.15) is 6.04 Å². The summed E-state index contributed by atoms with van der Waals surface area (Å²) in [5.74, 6) is -3.28. The number of hydrogen-bond donors (Lipinski definition) is 5. The monoisotopic (exact) mass is 401 g/mol. The average Bonchev–Trinajstić information content (AvgIpc) is 3.09. The topological polar surface area (TPSA) is 206 Å². The van der Waals surface area contributed by atoms with Crippen LogP contribution >= 0.6 is 0 Å². The molecular formula is C16H15N7O6. The summed E-state index contributed by atoms with van der Waals surface area (Å²) < 4.78 is 0. The third kappa shape index (κ3) is 4.35. The maximum atomic E-state index is 12.2. The smallest absolute Gasteiger partial charge is 0.326 e. The molecule has 2 aromatic heterocycles. The number of nitrogens with zero attached hydrogens (tertiary/aromatic N) is 4. The van der Waals surface area contributed by atoms with Crippen molar-refractivity contribution in [2.24, 2.45) is 0 Å². The minimum atomic E-state index is -1.33. The van der Waals surface area contributed by atoms with Crippen LogP contribution in [0.25, 0.3) is 16.9 Å². The van der Waals surface area contributed by atoms with Crippen molar-refractivity contribution in [1.29, 1.82) is 0 Å². The van der Waals surface area contributed by atoms with E-state index in [-0.39, 0.29) is 29.1 Å². The van der Waals surface area contributed by atoms with Crippen LogP contribution in [0, 0.1) is 0 Å². The van der Waals surface area contributed by atoms with Crippen molar-refractivity contribution in [2.45, 2.75) is 18.9 Å². The van der Waals surface area contributed by atoms with Gasteiger partial charge in [-0.2, -0.15) is 4.98 Å². The number of aromatic nitrogens is 5. The Morgan fingerprint density at radius 1 is 1.17 bits per heavy atom. The van der Waals surface area contributed by atoms with Gasteiger partial charge in [-0.15, -0.1) is 15.0 Å². The van der Waals surface area contributed by atoms with Gasteiger partial charge in [-0.05, 0) is 30.7 Å². The molecule has 0 spiro atoms. The minimum absolute atomic E-state index is 0.0104. The van der Waals surface area contributed by atoms with Gasteiger partial charge in [-0.3, -0.25) is 19.4 Å². The number of amides is 1. The molecule has 0 bridgehead atoms. The van der Waals surface area contributed by atoms with Gasteiger partial charge in [0.05, 0.1) is 5.69 Å². The van der Waals surface area contributed by atoms with Crippen LogP contribution in [0.5, 0.6) is 0 Å². The summed E-state index contributed by atoms with van der Waals surface area (Å²) in [6.07, 6.45) is -0.643. The van der Waals surface area contributed by atoms with Crippen LogP contribution in [0.1, 0.15) is 23.2 Å². The lowest BCUT2D eigenvalue weighted by Gasteiger charge is -2.13. The quantitative estimate of drug-likeness (QED) is 0.331. The van der Waals surface area contributed by atoms with Gasteiger partial charge < -0.3 is 21.3 Å². The number of H-pyrrole nitrogens is 1. The number of aliphatic carboxylic acids is 2. The molecule has 0 fully saturated rings. The Morgan fingerprint density at radius 2 is 1.86 bits per heavy atom. The van der Waals surface area contributed by atoms with E-state index >= 15 is 0 Å². The van der Waals surface area contributed by atoms with Crippen LogP contribution < -0.4 is 16.6 Å². The van der Waals surface area contributed by atoms with E-state index in [1.807, 2.05) is 0 Å². The van der Waals surface area contributed by atoms with Crippen molar-refractivity contribution in [3.63, 3.8) is 0 Å². The van der Waals surface area contributed by atoms with Crippen LogP contribution in [0.3, 0.4) is 0 Å². The average molecular weight is 401 g/mol. The molecule has 29 heavy (non-hydrogen) atoms. The summed E-state index contributed by atoms with van der Waals surface area (Å²) in [6, 6.07) is 4.44. The summed E-state index contributed by atoms with van der Waals surface area (Å²) in [7, 11) is 0. The number of nitrogens with two attached hydrogens (primary N) is 1. The zero-order valence-corrected chi connectivity index (χ0v) is 14.7. The standard InChI is InChI=1S/C16H15N7O6/c17-16-19-12-11(14(27)20-16)21-23(22-12)8-3-1-7(2-4-8)13(26)18-9(15(28)29)5-6-10(24)25/h1-4,9H,5-6H2,(H,18,26)(H,24,25)(H,28,29)(H3,17,19,20,22,27)/t9-/m0/s1. The summed E-state index contributed by atoms with van der Waals surface area (Å²) in [5.41, 5.74) is 5.52. The van der Waals surface area contributed by atoms with E-state index in [4.69, 9.17) is 15.9 Å². The number of carbonyl (C=O) groups is 3.